The van der Waals surface area contributed by atoms with Gasteiger partial charge in [0, 0.05) is 45.1 Å². The Bertz CT molecular complexity index is 333. The fourth-order valence-electron chi connectivity index (χ4n) is 2.11. The zero-order chi connectivity index (χ0) is 12.6. The first-order chi connectivity index (χ1) is 8.90. The van der Waals surface area contributed by atoms with E-state index in [0.717, 1.165) is 51.9 Å². The summed E-state index contributed by atoms with van der Waals surface area (Å²) in [6.07, 6.45) is 6.32. The zero-order valence-corrected chi connectivity index (χ0v) is 11.3. The predicted molar refractivity (Wildman–Crippen MR) is 72.9 cm³/mol. The number of aromatic nitrogens is 2. The molecule has 0 aromatic carbocycles. The third-order valence-corrected chi connectivity index (χ3v) is 3.29. The maximum atomic E-state index is 5.35. The Morgan fingerprint density at radius 2 is 2.17 bits per heavy atom. The summed E-state index contributed by atoms with van der Waals surface area (Å²) in [6, 6.07) is 0. The minimum absolute atomic E-state index is 0.867. The molecule has 0 atom stereocenters. The molecule has 0 unspecified atom stereocenters. The van der Waals surface area contributed by atoms with E-state index in [1.54, 1.807) is 0 Å². The first kappa shape index (κ1) is 13.4. The summed E-state index contributed by atoms with van der Waals surface area (Å²) in [5.74, 6) is 0.997. The van der Waals surface area contributed by atoms with E-state index >= 15 is 0 Å². The van der Waals surface area contributed by atoms with Crippen LogP contribution in [0, 0.1) is 0 Å². The van der Waals surface area contributed by atoms with Crippen LogP contribution in [-0.4, -0.2) is 53.8 Å². The number of anilines is 1. The second kappa shape index (κ2) is 7.38. The number of ether oxygens (including phenoxy) is 1. The maximum absolute atomic E-state index is 5.35. The molecular formula is C13H24N4O. The number of unbranched alkanes of at least 4 members (excludes halogenated alkanes) is 1. The highest BCUT2D eigenvalue weighted by Crippen LogP contribution is 2.06. The fourth-order valence-corrected chi connectivity index (χ4v) is 2.11. The number of nitrogens with one attached hydrogen (secondary N) is 1. The van der Waals surface area contributed by atoms with E-state index in [0.29, 0.717) is 0 Å². The summed E-state index contributed by atoms with van der Waals surface area (Å²) in [4.78, 5) is 6.80. The Morgan fingerprint density at radius 3 is 2.94 bits per heavy atom. The Kier molecular flexibility index (Phi) is 5.48. The van der Waals surface area contributed by atoms with Crippen molar-refractivity contribution in [3.63, 3.8) is 0 Å². The van der Waals surface area contributed by atoms with Crippen molar-refractivity contribution in [1.29, 1.82) is 0 Å². The van der Waals surface area contributed by atoms with Crippen molar-refractivity contribution in [2.75, 3.05) is 44.7 Å². The summed E-state index contributed by atoms with van der Waals surface area (Å²) in [5, 5.41) is 3.39. The van der Waals surface area contributed by atoms with Gasteiger partial charge in [-0.3, -0.25) is 4.90 Å². The lowest BCUT2D eigenvalue weighted by molar-refractivity contribution is 0.0364. The van der Waals surface area contributed by atoms with Crippen LogP contribution in [0.25, 0.3) is 0 Å². The lowest BCUT2D eigenvalue weighted by atomic mass is 10.3. The summed E-state index contributed by atoms with van der Waals surface area (Å²) in [6.45, 7) is 9.10. The molecule has 0 radical (unpaired) electrons. The molecule has 1 aliphatic heterocycles. The van der Waals surface area contributed by atoms with Crippen molar-refractivity contribution in [3.05, 3.63) is 12.4 Å². The molecule has 0 bridgehead atoms. The van der Waals surface area contributed by atoms with Crippen molar-refractivity contribution < 1.29 is 4.74 Å². The van der Waals surface area contributed by atoms with Crippen molar-refractivity contribution in [2.24, 2.45) is 0 Å². The van der Waals surface area contributed by atoms with E-state index in [1.807, 2.05) is 6.20 Å². The Hall–Kier alpha value is -1.07. The molecule has 0 amide bonds. The van der Waals surface area contributed by atoms with E-state index in [1.165, 1.54) is 12.8 Å². The maximum Gasteiger partial charge on any atom is 0.202 e. The minimum atomic E-state index is 0.867. The van der Waals surface area contributed by atoms with Gasteiger partial charge in [0.1, 0.15) is 0 Å². The van der Waals surface area contributed by atoms with Crippen LogP contribution in [0.3, 0.4) is 0 Å². The van der Waals surface area contributed by atoms with Crippen molar-refractivity contribution in [1.82, 2.24) is 14.5 Å². The van der Waals surface area contributed by atoms with Gasteiger partial charge in [0.15, 0.2) is 0 Å². The van der Waals surface area contributed by atoms with Crippen LogP contribution < -0.4 is 5.32 Å². The molecule has 2 rings (SSSR count). The summed E-state index contributed by atoms with van der Waals surface area (Å²) in [7, 11) is 0. The monoisotopic (exact) mass is 252 g/mol. The topological polar surface area (TPSA) is 42.3 Å². The van der Waals surface area contributed by atoms with Gasteiger partial charge in [-0.1, -0.05) is 13.3 Å². The molecule has 1 aliphatic rings. The normalized spacial score (nSPS) is 16.9. The first-order valence-corrected chi connectivity index (χ1v) is 6.95. The van der Waals surface area contributed by atoms with E-state index in [2.05, 4.69) is 32.9 Å². The van der Waals surface area contributed by atoms with Crippen LogP contribution >= 0.6 is 0 Å². The van der Waals surface area contributed by atoms with Gasteiger partial charge in [-0.25, -0.2) is 4.98 Å². The third-order valence-electron chi connectivity index (χ3n) is 3.29. The number of nitrogens with zero attached hydrogens (tertiary/aromatic N) is 3. The number of rotatable bonds is 7. The molecule has 1 aromatic heterocycles. The number of morpholine rings is 1. The number of imidazole rings is 1. The predicted octanol–water partition coefficient (Wildman–Crippen LogP) is 1.43. The lowest BCUT2D eigenvalue weighted by Gasteiger charge is -2.26. The van der Waals surface area contributed by atoms with Crippen LogP contribution in [0.1, 0.15) is 19.8 Å². The van der Waals surface area contributed by atoms with E-state index in [-0.39, 0.29) is 0 Å². The smallest absolute Gasteiger partial charge is 0.202 e. The van der Waals surface area contributed by atoms with Crippen LogP contribution in [0.4, 0.5) is 5.95 Å². The lowest BCUT2D eigenvalue weighted by Crippen LogP contribution is -2.38. The van der Waals surface area contributed by atoms with Gasteiger partial charge in [0.25, 0.3) is 0 Å². The molecule has 1 N–H and O–H groups in total. The summed E-state index contributed by atoms with van der Waals surface area (Å²) in [5.41, 5.74) is 0. The highest BCUT2D eigenvalue weighted by molar-refractivity contribution is 5.25. The molecule has 5 heteroatoms. The zero-order valence-electron chi connectivity index (χ0n) is 11.3. The first-order valence-electron chi connectivity index (χ1n) is 6.95. The van der Waals surface area contributed by atoms with Gasteiger partial charge < -0.3 is 14.6 Å². The molecule has 2 heterocycles. The average Bonchev–Trinajstić information content (AvgIpc) is 2.86. The molecule has 1 saturated heterocycles. The molecular weight excluding hydrogens is 228 g/mol. The van der Waals surface area contributed by atoms with Crippen LogP contribution in [0.5, 0.6) is 0 Å². The number of hydrogen-bond acceptors (Lipinski definition) is 4. The van der Waals surface area contributed by atoms with E-state index < -0.39 is 0 Å². The Labute approximate surface area is 109 Å². The molecule has 5 nitrogen and oxygen atoms in total. The standard InChI is InChI=1S/C13H24N4O/c1-2-3-4-14-13-15-5-6-17(13)8-7-16-9-11-18-12-10-16/h5-6H,2-4,7-12H2,1H3,(H,14,15). The van der Waals surface area contributed by atoms with Crippen molar-refractivity contribution in [2.45, 2.75) is 26.3 Å². The van der Waals surface area contributed by atoms with Crippen LogP contribution in [-0.2, 0) is 11.3 Å². The summed E-state index contributed by atoms with van der Waals surface area (Å²) >= 11 is 0. The van der Waals surface area contributed by atoms with E-state index in [4.69, 9.17) is 4.74 Å². The summed E-state index contributed by atoms with van der Waals surface area (Å²) < 4.78 is 7.55. The largest absolute Gasteiger partial charge is 0.379 e. The van der Waals surface area contributed by atoms with E-state index in [9.17, 15) is 0 Å². The average molecular weight is 252 g/mol. The molecule has 1 aromatic rings. The van der Waals surface area contributed by atoms with Gasteiger partial charge in [0.2, 0.25) is 5.95 Å². The Balaban J connectivity index is 1.75. The van der Waals surface area contributed by atoms with Gasteiger partial charge in [-0.15, -0.1) is 0 Å². The van der Waals surface area contributed by atoms with Crippen molar-refractivity contribution >= 4 is 5.95 Å². The molecule has 18 heavy (non-hydrogen) atoms. The van der Waals surface area contributed by atoms with Crippen LogP contribution in [0.15, 0.2) is 12.4 Å². The Morgan fingerprint density at radius 1 is 1.33 bits per heavy atom. The molecule has 102 valence electrons. The van der Waals surface area contributed by atoms with Gasteiger partial charge >= 0.3 is 0 Å². The number of hydrogen-bond donors (Lipinski definition) is 1. The minimum Gasteiger partial charge on any atom is -0.379 e. The highest BCUT2D eigenvalue weighted by atomic mass is 16.5. The molecule has 1 fully saturated rings. The van der Waals surface area contributed by atoms with Crippen molar-refractivity contribution in [3.8, 4) is 0 Å². The fraction of sp³-hybridized carbons (Fsp3) is 0.769. The second-order valence-corrected chi connectivity index (χ2v) is 4.68. The van der Waals surface area contributed by atoms with Gasteiger partial charge in [0.05, 0.1) is 13.2 Å². The second-order valence-electron chi connectivity index (χ2n) is 4.68. The molecule has 0 aliphatic carbocycles. The SMILES string of the molecule is CCCCNc1nccn1CCN1CCOCC1. The van der Waals surface area contributed by atoms with Gasteiger partial charge in [-0.2, -0.15) is 0 Å². The third kappa shape index (κ3) is 3.99. The molecule has 0 saturated carbocycles. The van der Waals surface area contributed by atoms with Gasteiger partial charge in [-0.05, 0) is 6.42 Å². The highest BCUT2D eigenvalue weighted by Gasteiger charge is 2.10. The van der Waals surface area contributed by atoms with Crippen LogP contribution in [0.2, 0.25) is 0 Å². The molecule has 0 spiro atoms. The quantitative estimate of drug-likeness (QED) is 0.745.